The molecule has 2 rings (SSSR count). The molecule has 4 heteroatoms. The molecule has 1 fully saturated rings. The maximum absolute atomic E-state index is 4.24. The predicted octanol–water partition coefficient (Wildman–Crippen LogP) is 1.01. The quantitative estimate of drug-likeness (QED) is 0.738. The number of aromatic nitrogens is 2. The molecule has 1 aromatic rings. The monoisotopic (exact) mass is 206 g/mol. The van der Waals surface area contributed by atoms with Gasteiger partial charge in [-0.15, -0.1) is 0 Å². The summed E-state index contributed by atoms with van der Waals surface area (Å²) in [5.41, 5.74) is 0. The van der Waals surface area contributed by atoms with Crippen LogP contribution in [0.15, 0.2) is 18.5 Å². The van der Waals surface area contributed by atoms with E-state index in [1.165, 1.54) is 19.4 Å². The number of likely N-dealkylation sites (tertiary alicyclic amines) is 1. The van der Waals surface area contributed by atoms with Crippen LogP contribution in [0, 0.1) is 0 Å². The summed E-state index contributed by atoms with van der Waals surface area (Å²) in [6.45, 7) is 2.23. The van der Waals surface area contributed by atoms with Gasteiger partial charge in [0.1, 0.15) is 0 Å². The second-order valence-corrected chi connectivity index (χ2v) is 4.21. The summed E-state index contributed by atoms with van der Waals surface area (Å²) in [5.74, 6) is 0.817. The number of hydrogen-bond acceptors (Lipinski definition) is 4. The zero-order valence-corrected chi connectivity index (χ0v) is 9.43. The number of hydrogen-bond donors (Lipinski definition) is 0. The number of likely N-dealkylation sites (N-methyl/N-ethyl adjacent to an activating group) is 2. The Morgan fingerprint density at radius 3 is 2.80 bits per heavy atom. The van der Waals surface area contributed by atoms with E-state index in [-0.39, 0.29) is 0 Å². The molecule has 0 bridgehead atoms. The molecule has 82 valence electrons. The maximum atomic E-state index is 4.24. The Labute approximate surface area is 90.9 Å². The zero-order chi connectivity index (χ0) is 10.7. The average Bonchev–Trinajstić information content (AvgIpc) is 2.66. The van der Waals surface area contributed by atoms with Crippen LogP contribution in [-0.4, -0.2) is 48.1 Å². The standard InChI is InChI=1S/C11H18N4/c1-14-8-3-5-10(14)9-15(2)11-12-6-4-7-13-11/h4,6-7,10H,3,5,8-9H2,1-2H3. The lowest BCUT2D eigenvalue weighted by Crippen LogP contribution is -2.37. The van der Waals surface area contributed by atoms with Crippen LogP contribution in [0.1, 0.15) is 12.8 Å². The average molecular weight is 206 g/mol. The van der Waals surface area contributed by atoms with Crippen molar-refractivity contribution in [1.82, 2.24) is 14.9 Å². The van der Waals surface area contributed by atoms with E-state index < -0.39 is 0 Å². The molecule has 1 saturated heterocycles. The van der Waals surface area contributed by atoms with Gasteiger partial charge in [-0.1, -0.05) is 0 Å². The van der Waals surface area contributed by atoms with Gasteiger partial charge in [0.05, 0.1) is 0 Å². The largest absolute Gasteiger partial charge is 0.342 e. The predicted molar refractivity (Wildman–Crippen MR) is 61.0 cm³/mol. The molecule has 0 aromatic carbocycles. The lowest BCUT2D eigenvalue weighted by molar-refractivity contribution is 0.313. The fourth-order valence-corrected chi connectivity index (χ4v) is 2.10. The topological polar surface area (TPSA) is 32.3 Å². The van der Waals surface area contributed by atoms with Crippen molar-refractivity contribution in [3.05, 3.63) is 18.5 Å². The van der Waals surface area contributed by atoms with Gasteiger partial charge in [0.25, 0.3) is 0 Å². The first-order valence-corrected chi connectivity index (χ1v) is 5.46. The molecule has 0 N–H and O–H groups in total. The van der Waals surface area contributed by atoms with E-state index in [1.54, 1.807) is 12.4 Å². The molecule has 0 aliphatic carbocycles. The van der Waals surface area contributed by atoms with Gasteiger partial charge in [-0.05, 0) is 32.5 Å². The summed E-state index contributed by atoms with van der Waals surface area (Å²) < 4.78 is 0. The number of rotatable bonds is 3. The Morgan fingerprint density at radius 2 is 2.20 bits per heavy atom. The van der Waals surface area contributed by atoms with Crippen molar-refractivity contribution in [2.45, 2.75) is 18.9 Å². The van der Waals surface area contributed by atoms with Crippen LogP contribution in [0.3, 0.4) is 0 Å². The van der Waals surface area contributed by atoms with Crippen LogP contribution in [0.4, 0.5) is 5.95 Å². The smallest absolute Gasteiger partial charge is 0.225 e. The van der Waals surface area contributed by atoms with E-state index in [4.69, 9.17) is 0 Å². The highest BCUT2D eigenvalue weighted by atomic mass is 15.3. The van der Waals surface area contributed by atoms with E-state index in [0.717, 1.165) is 12.5 Å². The Kier molecular flexibility index (Phi) is 3.16. The molecule has 0 spiro atoms. The minimum absolute atomic E-state index is 0.652. The third-order valence-corrected chi connectivity index (χ3v) is 3.05. The lowest BCUT2D eigenvalue weighted by atomic mass is 10.2. The van der Waals surface area contributed by atoms with Crippen molar-refractivity contribution in [1.29, 1.82) is 0 Å². The van der Waals surface area contributed by atoms with Crippen LogP contribution < -0.4 is 4.90 Å². The first kappa shape index (κ1) is 10.4. The molecule has 1 aliphatic heterocycles. The molecular formula is C11H18N4. The Hall–Kier alpha value is -1.16. The zero-order valence-electron chi connectivity index (χ0n) is 9.43. The number of nitrogens with zero attached hydrogens (tertiary/aromatic N) is 4. The van der Waals surface area contributed by atoms with Gasteiger partial charge >= 0.3 is 0 Å². The summed E-state index contributed by atoms with van der Waals surface area (Å²) in [5, 5.41) is 0. The fraction of sp³-hybridized carbons (Fsp3) is 0.636. The first-order chi connectivity index (χ1) is 7.27. The summed E-state index contributed by atoms with van der Waals surface area (Å²) in [6.07, 6.45) is 6.17. The van der Waals surface area contributed by atoms with Crippen LogP contribution >= 0.6 is 0 Å². The minimum Gasteiger partial charge on any atom is -0.342 e. The highest BCUT2D eigenvalue weighted by molar-refractivity contribution is 5.26. The van der Waals surface area contributed by atoms with Gasteiger partial charge in [-0.25, -0.2) is 9.97 Å². The summed E-state index contributed by atoms with van der Waals surface area (Å²) in [6, 6.07) is 2.50. The third-order valence-electron chi connectivity index (χ3n) is 3.05. The molecule has 1 atom stereocenters. The highest BCUT2D eigenvalue weighted by Crippen LogP contribution is 2.16. The first-order valence-electron chi connectivity index (χ1n) is 5.46. The minimum atomic E-state index is 0.652. The Morgan fingerprint density at radius 1 is 1.47 bits per heavy atom. The molecular weight excluding hydrogens is 188 g/mol. The van der Waals surface area contributed by atoms with Crippen molar-refractivity contribution in [3.8, 4) is 0 Å². The van der Waals surface area contributed by atoms with E-state index in [9.17, 15) is 0 Å². The maximum Gasteiger partial charge on any atom is 0.225 e. The normalized spacial score (nSPS) is 21.9. The second-order valence-electron chi connectivity index (χ2n) is 4.21. The van der Waals surface area contributed by atoms with Crippen molar-refractivity contribution < 1.29 is 0 Å². The van der Waals surface area contributed by atoms with Gasteiger partial charge in [-0.2, -0.15) is 0 Å². The van der Waals surface area contributed by atoms with Gasteiger partial charge in [0.2, 0.25) is 5.95 Å². The van der Waals surface area contributed by atoms with Crippen LogP contribution in [0.25, 0.3) is 0 Å². The van der Waals surface area contributed by atoms with Crippen LogP contribution in [-0.2, 0) is 0 Å². The molecule has 1 aliphatic rings. The van der Waals surface area contributed by atoms with Crippen molar-refractivity contribution in [2.24, 2.45) is 0 Å². The second kappa shape index (κ2) is 4.57. The van der Waals surface area contributed by atoms with E-state index >= 15 is 0 Å². The summed E-state index contributed by atoms with van der Waals surface area (Å²) in [7, 11) is 4.25. The highest BCUT2D eigenvalue weighted by Gasteiger charge is 2.22. The SMILES string of the molecule is CN(CC1CCCN1C)c1ncccn1. The molecule has 2 heterocycles. The molecule has 4 nitrogen and oxygen atoms in total. The van der Waals surface area contributed by atoms with Crippen molar-refractivity contribution in [2.75, 3.05) is 32.1 Å². The molecule has 1 aromatic heterocycles. The Balaban J connectivity index is 1.95. The lowest BCUT2D eigenvalue weighted by Gasteiger charge is -2.25. The van der Waals surface area contributed by atoms with Gasteiger partial charge in [-0.3, -0.25) is 0 Å². The van der Waals surface area contributed by atoms with Gasteiger partial charge in [0.15, 0.2) is 0 Å². The molecule has 0 radical (unpaired) electrons. The molecule has 1 unspecified atom stereocenters. The summed E-state index contributed by atoms with van der Waals surface area (Å²) >= 11 is 0. The van der Waals surface area contributed by atoms with Gasteiger partial charge < -0.3 is 9.80 Å². The third kappa shape index (κ3) is 2.45. The van der Waals surface area contributed by atoms with Gasteiger partial charge in [0, 0.05) is 32.0 Å². The van der Waals surface area contributed by atoms with Crippen LogP contribution in [0.2, 0.25) is 0 Å². The Bertz CT molecular complexity index is 301. The fourth-order valence-electron chi connectivity index (χ4n) is 2.10. The van der Waals surface area contributed by atoms with E-state index in [1.807, 2.05) is 6.07 Å². The summed E-state index contributed by atoms with van der Waals surface area (Å²) in [4.78, 5) is 13.0. The van der Waals surface area contributed by atoms with Crippen molar-refractivity contribution in [3.63, 3.8) is 0 Å². The van der Waals surface area contributed by atoms with Crippen molar-refractivity contribution >= 4 is 5.95 Å². The number of anilines is 1. The van der Waals surface area contributed by atoms with Crippen LogP contribution in [0.5, 0.6) is 0 Å². The van der Waals surface area contributed by atoms with E-state index in [0.29, 0.717) is 6.04 Å². The van der Waals surface area contributed by atoms with E-state index in [2.05, 4.69) is 33.9 Å². The molecule has 0 saturated carbocycles. The molecule has 0 amide bonds. The molecule has 15 heavy (non-hydrogen) atoms.